The van der Waals surface area contributed by atoms with Crippen molar-refractivity contribution < 1.29 is 13.2 Å². The number of nitrogens with one attached hydrogen (secondary N) is 1. The van der Waals surface area contributed by atoms with Crippen LogP contribution in [0, 0.1) is 13.8 Å². The zero-order valence-corrected chi connectivity index (χ0v) is 14.8. The first-order valence-corrected chi connectivity index (χ1v) is 9.96. The highest BCUT2D eigenvalue weighted by Gasteiger charge is 2.31. The van der Waals surface area contributed by atoms with Gasteiger partial charge in [0.05, 0.1) is 34.6 Å². The Balaban J connectivity index is 1.60. The molecule has 0 radical (unpaired) electrons. The molecule has 0 saturated carbocycles. The van der Waals surface area contributed by atoms with Crippen molar-refractivity contribution >= 4 is 15.5 Å². The highest BCUT2D eigenvalue weighted by molar-refractivity contribution is 7.91. The molecule has 1 aliphatic heterocycles. The predicted octanol–water partition coefficient (Wildman–Crippen LogP) is 2.35. The van der Waals surface area contributed by atoms with Crippen LogP contribution in [-0.4, -0.2) is 42.9 Å². The number of hydrogen-bond acceptors (Lipinski definition) is 5. The summed E-state index contributed by atoms with van der Waals surface area (Å²) in [5, 5.41) is 7.90. The van der Waals surface area contributed by atoms with Gasteiger partial charge in [0.1, 0.15) is 12.4 Å². The highest BCUT2D eigenvalue weighted by atomic mass is 32.2. The van der Waals surface area contributed by atoms with E-state index in [0.717, 1.165) is 22.8 Å². The van der Waals surface area contributed by atoms with Gasteiger partial charge in [0, 0.05) is 6.54 Å². The molecule has 1 saturated heterocycles. The third-order valence-corrected chi connectivity index (χ3v) is 6.05. The maximum atomic E-state index is 11.7. The van der Waals surface area contributed by atoms with Crippen molar-refractivity contribution in [3.8, 4) is 5.75 Å². The number of nitrogens with zero attached hydrogens (tertiary/aromatic N) is 2. The Bertz CT molecular complexity index is 800. The lowest BCUT2D eigenvalue weighted by Gasteiger charge is -2.12. The summed E-state index contributed by atoms with van der Waals surface area (Å²) in [6.45, 7) is 5.12. The van der Waals surface area contributed by atoms with E-state index in [9.17, 15) is 8.42 Å². The maximum Gasteiger partial charge on any atom is 0.152 e. The molecular formula is C17H23N3O3S. The topological polar surface area (TPSA) is 73.2 Å². The van der Waals surface area contributed by atoms with Crippen LogP contribution < -0.4 is 10.1 Å². The van der Waals surface area contributed by atoms with Crippen LogP contribution in [0.4, 0.5) is 5.69 Å². The van der Waals surface area contributed by atoms with Crippen LogP contribution in [0.2, 0.25) is 0 Å². The van der Waals surface area contributed by atoms with Gasteiger partial charge >= 0.3 is 0 Å². The van der Waals surface area contributed by atoms with E-state index < -0.39 is 9.84 Å². The lowest BCUT2D eigenvalue weighted by Crippen LogP contribution is -2.15. The van der Waals surface area contributed by atoms with Crippen molar-refractivity contribution in [2.24, 2.45) is 0 Å². The van der Waals surface area contributed by atoms with Crippen LogP contribution >= 0.6 is 0 Å². The van der Waals surface area contributed by atoms with Crippen molar-refractivity contribution in [1.29, 1.82) is 0 Å². The molecule has 6 nitrogen and oxygen atoms in total. The summed E-state index contributed by atoms with van der Waals surface area (Å²) in [5.74, 6) is 1.29. The number of anilines is 1. The molecule has 130 valence electrons. The standard InChI is InChI=1S/C17H23N3O3S/c1-13-17(18-9-10-23-16-6-4-3-5-7-16)14(2)20(19-13)15-8-11-24(21,22)12-15/h3-7,15,18H,8-12H2,1-2H3. The van der Waals surface area contributed by atoms with Crippen LogP contribution in [0.3, 0.4) is 0 Å². The fourth-order valence-corrected chi connectivity index (χ4v) is 4.80. The number of benzene rings is 1. The predicted molar refractivity (Wildman–Crippen MR) is 94.4 cm³/mol. The maximum absolute atomic E-state index is 11.7. The first-order valence-electron chi connectivity index (χ1n) is 8.14. The molecule has 1 aromatic carbocycles. The Morgan fingerprint density at radius 3 is 2.71 bits per heavy atom. The van der Waals surface area contributed by atoms with Gasteiger partial charge in [-0.2, -0.15) is 5.10 Å². The number of rotatable bonds is 6. The molecule has 0 spiro atoms. The molecule has 1 aliphatic rings. The molecule has 1 unspecified atom stereocenters. The number of aryl methyl sites for hydroxylation is 1. The smallest absolute Gasteiger partial charge is 0.152 e. The lowest BCUT2D eigenvalue weighted by molar-refractivity contribution is 0.333. The van der Waals surface area contributed by atoms with Gasteiger partial charge in [0.25, 0.3) is 0 Å². The van der Waals surface area contributed by atoms with Gasteiger partial charge in [-0.1, -0.05) is 18.2 Å². The zero-order chi connectivity index (χ0) is 17.2. The minimum Gasteiger partial charge on any atom is -0.492 e. The van der Waals surface area contributed by atoms with Gasteiger partial charge in [-0.25, -0.2) is 8.42 Å². The summed E-state index contributed by atoms with van der Waals surface area (Å²) in [4.78, 5) is 0. The molecule has 1 fully saturated rings. The van der Waals surface area contributed by atoms with E-state index in [2.05, 4.69) is 10.4 Å². The third kappa shape index (κ3) is 3.72. The van der Waals surface area contributed by atoms with E-state index in [-0.39, 0.29) is 17.5 Å². The number of ether oxygens (including phenoxy) is 1. The first-order chi connectivity index (χ1) is 11.5. The van der Waals surface area contributed by atoms with Gasteiger partial charge in [-0.05, 0) is 32.4 Å². The Labute approximate surface area is 142 Å². The molecule has 3 rings (SSSR count). The fourth-order valence-electron chi connectivity index (χ4n) is 3.10. The van der Waals surface area contributed by atoms with Crippen LogP contribution in [0.15, 0.2) is 30.3 Å². The normalized spacial score (nSPS) is 19.3. The monoisotopic (exact) mass is 349 g/mol. The van der Waals surface area contributed by atoms with E-state index in [4.69, 9.17) is 4.74 Å². The molecular weight excluding hydrogens is 326 g/mol. The third-order valence-electron chi connectivity index (χ3n) is 4.30. The SMILES string of the molecule is Cc1nn(C2CCS(=O)(=O)C2)c(C)c1NCCOc1ccccc1. The summed E-state index contributed by atoms with van der Waals surface area (Å²) in [7, 11) is -2.92. The Morgan fingerprint density at radius 1 is 1.29 bits per heavy atom. The fraction of sp³-hybridized carbons (Fsp3) is 0.471. The van der Waals surface area contributed by atoms with E-state index >= 15 is 0 Å². The Morgan fingerprint density at radius 2 is 2.04 bits per heavy atom. The lowest BCUT2D eigenvalue weighted by atomic mass is 10.2. The minimum absolute atomic E-state index is 0.0511. The van der Waals surface area contributed by atoms with Crippen molar-refractivity contribution in [1.82, 2.24) is 9.78 Å². The Kier molecular flexibility index (Phi) is 4.80. The van der Waals surface area contributed by atoms with Crippen molar-refractivity contribution in [3.63, 3.8) is 0 Å². The van der Waals surface area contributed by atoms with Crippen LogP contribution in [0.1, 0.15) is 23.9 Å². The molecule has 24 heavy (non-hydrogen) atoms. The summed E-state index contributed by atoms with van der Waals surface area (Å²) in [5.41, 5.74) is 2.83. The molecule has 1 N–H and O–H groups in total. The van der Waals surface area contributed by atoms with E-state index in [1.54, 1.807) is 0 Å². The molecule has 2 aromatic rings. The largest absolute Gasteiger partial charge is 0.492 e. The molecule has 1 atom stereocenters. The van der Waals surface area contributed by atoms with Gasteiger partial charge < -0.3 is 10.1 Å². The van der Waals surface area contributed by atoms with Gasteiger partial charge in [0.2, 0.25) is 0 Å². The van der Waals surface area contributed by atoms with Crippen LogP contribution in [0.25, 0.3) is 0 Å². The summed E-state index contributed by atoms with van der Waals surface area (Å²) < 4.78 is 30.9. The van der Waals surface area contributed by atoms with Gasteiger partial charge in [-0.3, -0.25) is 4.68 Å². The molecule has 0 aliphatic carbocycles. The molecule has 1 aromatic heterocycles. The number of sulfone groups is 1. The number of para-hydroxylation sites is 1. The second-order valence-corrected chi connectivity index (χ2v) is 8.36. The van der Waals surface area contributed by atoms with Crippen molar-refractivity contribution in [2.45, 2.75) is 26.3 Å². The van der Waals surface area contributed by atoms with Gasteiger partial charge in [-0.15, -0.1) is 0 Å². The minimum atomic E-state index is -2.92. The first kappa shape index (κ1) is 16.8. The van der Waals surface area contributed by atoms with Crippen LogP contribution in [0.5, 0.6) is 5.75 Å². The highest BCUT2D eigenvalue weighted by Crippen LogP contribution is 2.28. The molecule has 0 bridgehead atoms. The zero-order valence-electron chi connectivity index (χ0n) is 14.0. The molecule has 2 heterocycles. The second-order valence-electron chi connectivity index (χ2n) is 6.14. The van der Waals surface area contributed by atoms with E-state index in [1.165, 1.54) is 0 Å². The van der Waals surface area contributed by atoms with Gasteiger partial charge in [0.15, 0.2) is 9.84 Å². The van der Waals surface area contributed by atoms with E-state index in [1.807, 2.05) is 48.9 Å². The average Bonchev–Trinajstić information content (AvgIpc) is 3.05. The average molecular weight is 349 g/mol. The number of hydrogen-bond donors (Lipinski definition) is 1. The summed E-state index contributed by atoms with van der Waals surface area (Å²) >= 11 is 0. The van der Waals surface area contributed by atoms with Crippen molar-refractivity contribution in [3.05, 3.63) is 41.7 Å². The Hall–Kier alpha value is -2.02. The molecule has 0 amide bonds. The van der Waals surface area contributed by atoms with Crippen LogP contribution in [-0.2, 0) is 9.84 Å². The summed E-state index contributed by atoms with van der Waals surface area (Å²) in [6, 6.07) is 9.64. The quantitative estimate of drug-likeness (QED) is 0.811. The molecule has 7 heteroatoms. The van der Waals surface area contributed by atoms with E-state index in [0.29, 0.717) is 19.6 Å². The number of aromatic nitrogens is 2. The van der Waals surface area contributed by atoms with Crippen molar-refractivity contribution in [2.75, 3.05) is 30.0 Å². The second kappa shape index (κ2) is 6.84. The summed E-state index contributed by atoms with van der Waals surface area (Å²) in [6.07, 6.45) is 0.640.